The van der Waals surface area contributed by atoms with E-state index in [1.54, 1.807) is 0 Å². The van der Waals surface area contributed by atoms with Crippen LogP contribution in [0.5, 0.6) is 0 Å². The number of esters is 1. The van der Waals surface area contributed by atoms with Crippen molar-refractivity contribution >= 4 is 17.7 Å². The van der Waals surface area contributed by atoms with E-state index in [1.807, 2.05) is 20.1 Å². The molecule has 4 heteroatoms. The molecule has 1 N–H and O–H groups in total. The molecular formula is C8H15NO2S. The standard InChI is InChI=1S/C8H15NO2S/c1-6(2)9-7(12-4)5-8(10)11-3/h5-6,9H,1-4H3/b7-5-. The Labute approximate surface area is 77.6 Å². The second kappa shape index (κ2) is 5.94. The molecule has 12 heavy (non-hydrogen) atoms. The lowest BCUT2D eigenvalue weighted by molar-refractivity contribution is -0.134. The Hall–Kier alpha value is -0.640. The fourth-order valence-corrected chi connectivity index (χ4v) is 1.18. The number of nitrogens with one attached hydrogen (secondary N) is 1. The molecule has 70 valence electrons. The monoisotopic (exact) mass is 189 g/mol. The van der Waals surface area contributed by atoms with Gasteiger partial charge < -0.3 is 10.1 Å². The average molecular weight is 189 g/mol. The Kier molecular flexibility index (Phi) is 5.62. The molecule has 3 nitrogen and oxygen atoms in total. The normalized spacial score (nSPS) is 11.6. The summed E-state index contributed by atoms with van der Waals surface area (Å²) in [4.78, 5) is 10.8. The Morgan fingerprint density at radius 2 is 2.17 bits per heavy atom. The van der Waals surface area contributed by atoms with Crippen molar-refractivity contribution in [2.24, 2.45) is 0 Å². The fraction of sp³-hybridized carbons (Fsp3) is 0.625. The third kappa shape index (κ3) is 5.07. The molecule has 0 bridgehead atoms. The van der Waals surface area contributed by atoms with Crippen molar-refractivity contribution in [2.45, 2.75) is 19.9 Å². The average Bonchev–Trinajstić information content (AvgIpc) is 2.02. The minimum absolute atomic E-state index is 0.326. The van der Waals surface area contributed by atoms with Gasteiger partial charge in [0.2, 0.25) is 0 Å². The van der Waals surface area contributed by atoms with Crippen molar-refractivity contribution in [3.05, 3.63) is 11.1 Å². The lowest BCUT2D eigenvalue weighted by Gasteiger charge is -2.10. The Morgan fingerprint density at radius 3 is 2.50 bits per heavy atom. The largest absolute Gasteiger partial charge is 0.466 e. The van der Waals surface area contributed by atoms with Gasteiger partial charge in [0.25, 0.3) is 0 Å². The van der Waals surface area contributed by atoms with Gasteiger partial charge in [-0.1, -0.05) is 0 Å². The van der Waals surface area contributed by atoms with E-state index in [4.69, 9.17) is 0 Å². The molecule has 0 aliphatic heterocycles. The van der Waals surface area contributed by atoms with Crippen molar-refractivity contribution in [3.8, 4) is 0 Å². The van der Waals surface area contributed by atoms with Gasteiger partial charge in [-0.15, -0.1) is 11.8 Å². The first-order valence-corrected chi connectivity index (χ1v) is 4.92. The molecule has 0 rings (SSSR count). The van der Waals surface area contributed by atoms with Gasteiger partial charge in [-0.3, -0.25) is 0 Å². The molecule has 0 unspecified atom stereocenters. The van der Waals surface area contributed by atoms with Crippen LogP contribution in [0, 0.1) is 0 Å². The number of carbonyl (C=O) groups excluding carboxylic acids is 1. The van der Waals surface area contributed by atoms with Crippen LogP contribution in [0.4, 0.5) is 0 Å². The molecule has 0 amide bonds. The molecule has 0 fully saturated rings. The maximum atomic E-state index is 10.8. The van der Waals surface area contributed by atoms with E-state index in [2.05, 4.69) is 10.1 Å². The highest BCUT2D eigenvalue weighted by molar-refractivity contribution is 8.02. The number of methoxy groups -OCH3 is 1. The zero-order chi connectivity index (χ0) is 9.56. The van der Waals surface area contributed by atoms with Crippen LogP contribution >= 0.6 is 11.8 Å². The molecule has 0 spiro atoms. The molecule has 0 aromatic rings. The summed E-state index contributed by atoms with van der Waals surface area (Å²) in [5.74, 6) is -0.326. The summed E-state index contributed by atoms with van der Waals surface area (Å²) in [6.45, 7) is 4.03. The number of hydrogen-bond acceptors (Lipinski definition) is 4. The van der Waals surface area contributed by atoms with Crippen LogP contribution in [0.2, 0.25) is 0 Å². The molecule has 0 saturated carbocycles. The van der Waals surface area contributed by atoms with Crippen molar-refractivity contribution in [1.82, 2.24) is 5.32 Å². The van der Waals surface area contributed by atoms with Gasteiger partial charge >= 0.3 is 5.97 Å². The van der Waals surface area contributed by atoms with Crippen molar-refractivity contribution in [3.63, 3.8) is 0 Å². The third-order valence-corrected chi connectivity index (χ3v) is 1.78. The van der Waals surface area contributed by atoms with Gasteiger partial charge in [0.05, 0.1) is 18.2 Å². The highest BCUT2D eigenvalue weighted by Gasteiger charge is 2.01. The number of hydrogen-bond donors (Lipinski definition) is 1. The lowest BCUT2D eigenvalue weighted by atomic mass is 10.4. The summed E-state index contributed by atoms with van der Waals surface area (Å²) >= 11 is 1.49. The first-order chi connectivity index (χ1) is 5.60. The quantitative estimate of drug-likeness (QED) is 0.535. The summed E-state index contributed by atoms with van der Waals surface area (Å²) in [6, 6.07) is 0.327. The molecule has 0 atom stereocenters. The minimum Gasteiger partial charge on any atom is -0.466 e. The topological polar surface area (TPSA) is 38.3 Å². The Bertz CT molecular complexity index is 178. The van der Waals surface area contributed by atoms with Crippen LogP contribution in [-0.4, -0.2) is 25.4 Å². The SMILES string of the molecule is COC(=O)/C=C(/NC(C)C)SC. The van der Waals surface area contributed by atoms with E-state index < -0.39 is 0 Å². The number of thioether (sulfide) groups is 1. The van der Waals surface area contributed by atoms with Gasteiger partial charge in [0, 0.05) is 6.04 Å². The molecule has 0 aromatic carbocycles. The molecule has 0 radical (unpaired) electrons. The van der Waals surface area contributed by atoms with Crippen LogP contribution in [-0.2, 0) is 9.53 Å². The second-order valence-electron chi connectivity index (χ2n) is 2.53. The molecule has 0 aromatic heterocycles. The predicted molar refractivity (Wildman–Crippen MR) is 51.9 cm³/mol. The van der Waals surface area contributed by atoms with E-state index in [0.29, 0.717) is 6.04 Å². The summed E-state index contributed by atoms with van der Waals surface area (Å²) in [7, 11) is 1.37. The number of rotatable bonds is 4. The van der Waals surface area contributed by atoms with Gasteiger partial charge in [-0.05, 0) is 20.1 Å². The summed E-state index contributed by atoms with van der Waals surface area (Å²) in [6.07, 6.45) is 3.36. The van der Waals surface area contributed by atoms with E-state index in [1.165, 1.54) is 24.9 Å². The maximum absolute atomic E-state index is 10.8. The smallest absolute Gasteiger partial charge is 0.333 e. The van der Waals surface area contributed by atoms with Gasteiger partial charge in [-0.2, -0.15) is 0 Å². The van der Waals surface area contributed by atoms with Gasteiger partial charge in [0.15, 0.2) is 0 Å². The zero-order valence-electron chi connectivity index (χ0n) is 7.88. The third-order valence-electron chi connectivity index (χ3n) is 1.10. The van der Waals surface area contributed by atoms with E-state index >= 15 is 0 Å². The fourth-order valence-electron chi connectivity index (χ4n) is 0.610. The van der Waals surface area contributed by atoms with Crippen LogP contribution in [0.15, 0.2) is 11.1 Å². The first-order valence-electron chi connectivity index (χ1n) is 3.70. The highest BCUT2D eigenvalue weighted by atomic mass is 32.2. The van der Waals surface area contributed by atoms with Crippen LogP contribution in [0.1, 0.15) is 13.8 Å². The molecule has 0 saturated heterocycles. The van der Waals surface area contributed by atoms with Crippen molar-refractivity contribution in [2.75, 3.05) is 13.4 Å². The van der Waals surface area contributed by atoms with E-state index in [0.717, 1.165) is 5.03 Å². The van der Waals surface area contributed by atoms with E-state index in [-0.39, 0.29) is 5.97 Å². The Morgan fingerprint density at radius 1 is 1.58 bits per heavy atom. The van der Waals surface area contributed by atoms with Crippen LogP contribution in [0.25, 0.3) is 0 Å². The van der Waals surface area contributed by atoms with Crippen molar-refractivity contribution < 1.29 is 9.53 Å². The van der Waals surface area contributed by atoms with Crippen LogP contribution < -0.4 is 5.32 Å². The molecule has 0 aliphatic carbocycles. The number of ether oxygens (including phenoxy) is 1. The second-order valence-corrected chi connectivity index (χ2v) is 3.38. The van der Waals surface area contributed by atoms with Crippen LogP contribution in [0.3, 0.4) is 0 Å². The predicted octanol–water partition coefficient (Wildman–Crippen LogP) is 1.36. The lowest BCUT2D eigenvalue weighted by Crippen LogP contribution is -2.21. The first kappa shape index (κ1) is 11.4. The zero-order valence-corrected chi connectivity index (χ0v) is 8.70. The van der Waals surface area contributed by atoms with Gasteiger partial charge in [-0.25, -0.2) is 4.79 Å². The number of carbonyl (C=O) groups is 1. The summed E-state index contributed by atoms with van der Waals surface area (Å²) in [5.41, 5.74) is 0. The summed E-state index contributed by atoms with van der Waals surface area (Å²) in [5, 5.41) is 3.95. The summed E-state index contributed by atoms with van der Waals surface area (Å²) < 4.78 is 4.50. The highest BCUT2D eigenvalue weighted by Crippen LogP contribution is 2.08. The van der Waals surface area contributed by atoms with Crippen molar-refractivity contribution in [1.29, 1.82) is 0 Å². The minimum atomic E-state index is -0.326. The molecule has 0 aliphatic rings. The van der Waals surface area contributed by atoms with E-state index in [9.17, 15) is 4.79 Å². The molecule has 0 heterocycles. The van der Waals surface area contributed by atoms with Gasteiger partial charge in [0.1, 0.15) is 0 Å². The Balaban J connectivity index is 4.13. The maximum Gasteiger partial charge on any atom is 0.333 e. The molecular weight excluding hydrogens is 174 g/mol.